The highest BCUT2D eigenvalue weighted by Crippen LogP contribution is 2.43. The Morgan fingerprint density at radius 3 is 2.77 bits per heavy atom. The number of halogens is 1. The summed E-state index contributed by atoms with van der Waals surface area (Å²) in [5, 5.41) is 26.2. The molecule has 0 bridgehead atoms. The number of allylic oxidation sites excluding steroid dienone is 1. The summed E-state index contributed by atoms with van der Waals surface area (Å²) in [5.41, 5.74) is 4.83. The van der Waals surface area contributed by atoms with Crippen LogP contribution in [-0.4, -0.2) is 65.1 Å². The molecule has 5 N–H and O–H groups in total. The summed E-state index contributed by atoms with van der Waals surface area (Å²) >= 11 is 9.05. The van der Waals surface area contributed by atoms with Crippen molar-refractivity contribution in [2.24, 2.45) is 5.16 Å². The number of carboxylic acids is 1. The van der Waals surface area contributed by atoms with E-state index in [9.17, 15) is 19.5 Å². The van der Waals surface area contributed by atoms with Gasteiger partial charge >= 0.3 is 5.97 Å². The van der Waals surface area contributed by atoms with Crippen LogP contribution in [0.4, 0.5) is 5.13 Å². The van der Waals surface area contributed by atoms with Gasteiger partial charge in [0.15, 0.2) is 9.47 Å². The minimum atomic E-state index is -1.26. The van der Waals surface area contributed by atoms with Gasteiger partial charge in [0, 0.05) is 21.8 Å². The van der Waals surface area contributed by atoms with Crippen LogP contribution in [0.1, 0.15) is 18.7 Å². The van der Waals surface area contributed by atoms with E-state index in [-0.39, 0.29) is 16.7 Å². The maximum Gasteiger partial charge on any atom is 0.353 e. The number of carbonyl (C=O) groups excluding carboxylic acids is 2. The fourth-order valence-corrected chi connectivity index (χ4v) is 5.90. The highest BCUT2D eigenvalue weighted by atomic mass is 35.5. The Labute approximate surface area is 191 Å². The monoisotopic (exact) mass is 501 g/mol. The molecule has 2 unspecified atom stereocenters. The molecule has 0 aromatic carbocycles. The zero-order valence-corrected chi connectivity index (χ0v) is 18.4. The molecule has 16 heteroatoms. The minimum absolute atomic E-state index is 0.0740. The van der Waals surface area contributed by atoms with Gasteiger partial charge in [0.25, 0.3) is 11.8 Å². The molecule has 4 rings (SSSR count). The summed E-state index contributed by atoms with van der Waals surface area (Å²) in [6.45, 7) is 0. The van der Waals surface area contributed by atoms with Crippen molar-refractivity contribution in [2.45, 2.75) is 29.3 Å². The fraction of sp³-hybridized carbons (Fsp3) is 0.267. The lowest BCUT2D eigenvalue weighted by molar-refractivity contribution is -0.155. The number of aromatic nitrogens is 3. The number of nitrogens with zero attached hydrogens (tertiary/aromatic N) is 5. The molecular formula is C15H12ClN7O5S3. The Bertz CT molecular complexity index is 1150. The molecule has 0 saturated carbocycles. The lowest BCUT2D eigenvalue weighted by Crippen LogP contribution is -2.72. The van der Waals surface area contributed by atoms with Crippen LogP contribution in [0.5, 0.6) is 0 Å². The van der Waals surface area contributed by atoms with Crippen molar-refractivity contribution in [1.82, 2.24) is 24.6 Å². The molecule has 2 aromatic heterocycles. The van der Waals surface area contributed by atoms with Crippen LogP contribution in [0.2, 0.25) is 5.15 Å². The van der Waals surface area contributed by atoms with Gasteiger partial charge in [-0.15, -0.1) is 11.3 Å². The van der Waals surface area contributed by atoms with Crippen LogP contribution in [0.25, 0.3) is 0 Å². The summed E-state index contributed by atoms with van der Waals surface area (Å²) in [4.78, 5) is 46.6. The lowest BCUT2D eigenvalue weighted by Gasteiger charge is -2.49. The van der Waals surface area contributed by atoms with Gasteiger partial charge in [0.2, 0.25) is 11.5 Å². The van der Waals surface area contributed by atoms with Gasteiger partial charge in [0.1, 0.15) is 16.9 Å². The van der Waals surface area contributed by atoms with E-state index in [2.05, 4.69) is 24.8 Å². The van der Waals surface area contributed by atoms with Crippen LogP contribution in [-0.2, 0) is 14.4 Å². The van der Waals surface area contributed by atoms with Crippen LogP contribution in [0.3, 0.4) is 0 Å². The Morgan fingerprint density at radius 2 is 2.19 bits per heavy atom. The third kappa shape index (κ3) is 3.96. The predicted molar refractivity (Wildman–Crippen MR) is 112 cm³/mol. The number of nitrogens with one attached hydrogen (secondary N) is 1. The van der Waals surface area contributed by atoms with E-state index in [0.717, 1.165) is 28.2 Å². The van der Waals surface area contributed by atoms with Crippen molar-refractivity contribution in [1.29, 1.82) is 0 Å². The van der Waals surface area contributed by atoms with E-state index in [0.29, 0.717) is 27.2 Å². The molecule has 2 amide bonds. The van der Waals surface area contributed by atoms with Crippen LogP contribution in [0, 0.1) is 0 Å². The third-order valence-electron chi connectivity index (χ3n) is 4.52. The van der Waals surface area contributed by atoms with Crippen molar-refractivity contribution >= 4 is 74.9 Å². The maximum atomic E-state index is 12.7. The normalized spacial score (nSPS) is 21.0. The Kier molecular flexibility index (Phi) is 5.83. The molecule has 2 aromatic rings. The quantitative estimate of drug-likeness (QED) is 0.192. The number of rotatable bonds is 6. The van der Waals surface area contributed by atoms with E-state index in [1.807, 2.05) is 0 Å². The van der Waals surface area contributed by atoms with Gasteiger partial charge in [-0.2, -0.15) is 9.36 Å². The molecule has 162 valence electrons. The highest BCUT2D eigenvalue weighted by Gasteiger charge is 2.54. The molecule has 0 aliphatic carbocycles. The highest BCUT2D eigenvalue weighted by molar-refractivity contribution is 8.04. The Morgan fingerprint density at radius 1 is 1.42 bits per heavy atom. The molecule has 2 aliphatic rings. The number of hydrogen-bond donors (Lipinski definition) is 4. The predicted octanol–water partition coefficient (Wildman–Crippen LogP) is 0.986. The van der Waals surface area contributed by atoms with Gasteiger partial charge < -0.3 is 21.4 Å². The van der Waals surface area contributed by atoms with Crippen molar-refractivity contribution in [3.05, 3.63) is 27.0 Å². The van der Waals surface area contributed by atoms with Crippen LogP contribution >= 0.6 is 46.2 Å². The molecular weight excluding hydrogens is 490 g/mol. The largest absolute Gasteiger partial charge is 0.477 e. The molecule has 1 saturated heterocycles. The molecule has 0 spiro atoms. The fourth-order valence-electron chi connectivity index (χ4n) is 3.25. The average Bonchev–Trinajstić information content (AvgIpc) is 3.34. The van der Waals surface area contributed by atoms with E-state index >= 15 is 0 Å². The molecule has 12 nitrogen and oxygen atoms in total. The number of β-lactam (4-membered cyclic amide) rings is 1. The number of hydrogen-bond acceptors (Lipinski definition) is 12. The zero-order chi connectivity index (χ0) is 22.3. The molecule has 0 radical (unpaired) electrons. The number of carboxylic acid groups (broad SMARTS) is 1. The number of aliphatic carboxylic acids is 1. The summed E-state index contributed by atoms with van der Waals surface area (Å²) in [6, 6.07) is -1.53. The van der Waals surface area contributed by atoms with Gasteiger partial charge in [-0.25, -0.2) is 9.78 Å². The minimum Gasteiger partial charge on any atom is -0.477 e. The van der Waals surface area contributed by atoms with Crippen LogP contribution in [0.15, 0.2) is 25.5 Å². The standard InChI is InChI=1S/C15H12ClN7O5S3/c16-6-3-29-15(18-6)30-5-2-1-4-7(12(25)23(4)9(5)13(26)27)19-11(24)8(21-28)10-20-14(17)31-22-10/h3-4,7,28H,1-2H2,(H,19,24)(H,26,27)(H2,17,20,22)/b21-8-. The van der Waals surface area contributed by atoms with Gasteiger partial charge in [-0.3, -0.25) is 14.5 Å². The summed E-state index contributed by atoms with van der Waals surface area (Å²) in [6.07, 6.45) is 0.790. The zero-order valence-electron chi connectivity index (χ0n) is 15.2. The molecule has 31 heavy (non-hydrogen) atoms. The smallest absolute Gasteiger partial charge is 0.353 e. The number of nitrogen functional groups attached to an aromatic ring is 1. The SMILES string of the molecule is Nc1nc(/C(=N/O)C(=O)NC2C(=O)N3C(C(=O)O)=C(Sc4nc(Cl)cs4)CCC23)ns1. The Balaban J connectivity index is 1.52. The second-order valence-electron chi connectivity index (χ2n) is 6.29. The van der Waals surface area contributed by atoms with E-state index in [1.54, 1.807) is 5.38 Å². The molecule has 1 fully saturated rings. The van der Waals surface area contributed by atoms with Crippen molar-refractivity contribution in [3.63, 3.8) is 0 Å². The second kappa shape index (κ2) is 8.41. The first-order valence-electron chi connectivity index (χ1n) is 8.51. The number of thioether (sulfide) groups is 1. The summed E-state index contributed by atoms with van der Waals surface area (Å²) < 4.78 is 4.37. The first-order valence-corrected chi connectivity index (χ1v) is 11.4. The molecule has 2 aliphatic heterocycles. The lowest BCUT2D eigenvalue weighted by atomic mass is 9.86. The third-order valence-corrected chi connectivity index (χ3v) is 7.46. The van der Waals surface area contributed by atoms with E-state index in [4.69, 9.17) is 22.5 Å². The van der Waals surface area contributed by atoms with Gasteiger partial charge in [0.05, 0.1) is 6.04 Å². The Hall–Kier alpha value is -2.75. The van der Waals surface area contributed by atoms with Gasteiger partial charge in [-0.1, -0.05) is 28.5 Å². The number of oxime groups is 1. The topological polar surface area (TPSA) is 184 Å². The summed E-state index contributed by atoms with van der Waals surface area (Å²) in [5.74, 6) is -2.90. The first-order chi connectivity index (χ1) is 14.8. The van der Waals surface area contributed by atoms with Crippen molar-refractivity contribution in [2.75, 3.05) is 5.73 Å². The van der Waals surface area contributed by atoms with Crippen LogP contribution < -0.4 is 11.1 Å². The number of fused-ring (bicyclic) bond motifs is 1. The second-order valence-corrected chi connectivity index (χ2v) is 9.66. The number of nitrogens with two attached hydrogens (primary N) is 1. The van der Waals surface area contributed by atoms with Crippen molar-refractivity contribution in [3.8, 4) is 0 Å². The number of thiazole rings is 1. The first kappa shape index (κ1) is 21.5. The molecule has 2 atom stereocenters. The van der Waals surface area contributed by atoms with E-state index in [1.165, 1.54) is 11.3 Å². The number of carbonyl (C=O) groups is 3. The van der Waals surface area contributed by atoms with Gasteiger partial charge in [-0.05, 0) is 12.8 Å². The summed E-state index contributed by atoms with van der Waals surface area (Å²) in [7, 11) is 0. The van der Waals surface area contributed by atoms with E-state index < -0.39 is 35.6 Å². The van der Waals surface area contributed by atoms with Crippen molar-refractivity contribution < 1.29 is 24.7 Å². The maximum absolute atomic E-state index is 12.7. The number of amides is 2. The molecule has 4 heterocycles. The average molecular weight is 502 g/mol. The number of anilines is 1.